The number of aliphatic carboxylic acids is 1. The van der Waals surface area contributed by atoms with E-state index in [0.717, 1.165) is 7.05 Å². The minimum atomic E-state index is -1.32. The molecule has 1 heterocycles. The molecule has 0 saturated carbocycles. The Bertz CT molecular complexity index is 386. The van der Waals surface area contributed by atoms with Crippen LogP contribution in [0.1, 0.15) is 0 Å². The van der Waals surface area contributed by atoms with Crippen LogP contribution in [0, 0.1) is 0 Å². The largest absolute Gasteiger partial charge is 0.478 e. The van der Waals surface area contributed by atoms with Gasteiger partial charge >= 0.3 is 23.8 Å². The molecule has 1 aliphatic rings. The third kappa shape index (κ3) is 1.71. The number of imide groups is 2. The molecule has 0 aliphatic carbocycles. The Balaban J connectivity index is 2.85. The van der Waals surface area contributed by atoms with E-state index < -0.39 is 30.4 Å². The van der Waals surface area contributed by atoms with E-state index in [2.05, 4.69) is 6.58 Å². The van der Waals surface area contributed by atoms with Crippen molar-refractivity contribution < 1.29 is 24.3 Å². The van der Waals surface area contributed by atoms with Gasteiger partial charge in [-0.3, -0.25) is 19.4 Å². The lowest BCUT2D eigenvalue weighted by Crippen LogP contribution is -2.34. The zero-order chi connectivity index (χ0) is 11.7. The summed E-state index contributed by atoms with van der Waals surface area (Å²) in [5.74, 6) is -3.33. The van der Waals surface area contributed by atoms with E-state index in [9.17, 15) is 19.2 Å². The standard InChI is InChI=1S/C8H8N2O5/c1-4(7(13)14)3-10-6(12)5(11)9(2)8(10)15/h1,3H2,2H3,(H,13,14). The van der Waals surface area contributed by atoms with Crippen molar-refractivity contribution in [1.82, 2.24) is 9.80 Å². The summed E-state index contributed by atoms with van der Waals surface area (Å²) in [6.07, 6.45) is 0. The second-order valence-corrected chi connectivity index (χ2v) is 2.95. The van der Waals surface area contributed by atoms with Crippen molar-refractivity contribution >= 4 is 23.8 Å². The topological polar surface area (TPSA) is 95.0 Å². The number of likely N-dealkylation sites (N-methyl/N-ethyl adjacent to an activating group) is 1. The van der Waals surface area contributed by atoms with Gasteiger partial charge in [0.15, 0.2) is 0 Å². The normalized spacial score (nSPS) is 16.2. The van der Waals surface area contributed by atoms with Gasteiger partial charge in [0.05, 0.1) is 6.54 Å². The number of carboxylic acid groups (broad SMARTS) is 1. The van der Waals surface area contributed by atoms with Gasteiger partial charge in [0.1, 0.15) is 0 Å². The molecule has 80 valence electrons. The lowest BCUT2D eigenvalue weighted by Gasteiger charge is -2.11. The molecule has 0 radical (unpaired) electrons. The Morgan fingerprint density at radius 2 is 1.87 bits per heavy atom. The fourth-order valence-corrected chi connectivity index (χ4v) is 1.01. The van der Waals surface area contributed by atoms with Crippen molar-refractivity contribution in [2.75, 3.05) is 13.6 Å². The summed E-state index contributed by atoms with van der Waals surface area (Å²) >= 11 is 0. The number of urea groups is 1. The smallest absolute Gasteiger partial charge is 0.334 e. The quantitative estimate of drug-likeness (QED) is 0.369. The minimum absolute atomic E-state index is 0.334. The molecule has 1 N–H and O–H groups in total. The summed E-state index contributed by atoms with van der Waals surface area (Å²) in [5, 5.41) is 8.50. The van der Waals surface area contributed by atoms with Crippen molar-refractivity contribution in [1.29, 1.82) is 0 Å². The Morgan fingerprint density at radius 1 is 1.33 bits per heavy atom. The fourth-order valence-electron chi connectivity index (χ4n) is 1.01. The van der Waals surface area contributed by atoms with Gasteiger partial charge < -0.3 is 5.11 Å². The van der Waals surface area contributed by atoms with E-state index in [1.54, 1.807) is 0 Å². The van der Waals surface area contributed by atoms with Crippen LogP contribution in [-0.2, 0) is 14.4 Å². The monoisotopic (exact) mass is 212 g/mol. The van der Waals surface area contributed by atoms with Crippen LogP contribution < -0.4 is 0 Å². The van der Waals surface area contributed by atoms with Gasteiger partial charge in [-0.25, -0.2) is 9.59 Å². The fraction of sp³-hybridized carbons (Fsp3) is 0.250. The van der Waals surface area contributed by atoms with Crippen LogP contribution in [0.2, 0.25) is 0 Å². The van der Waals surface area contributed by atoms with E-state index in [4.69, 9.17) is 5.11 Å². The van der Waals surface area contributed by atoms with Gasteiger partial charge in [-0.2, -0.15) is 0 Å². The summed E-state index contributed by atoms with van der Waals surface area (Å²) in [5.41, 5.74) is -0.334. The molecular weight excluding hydrogens is 204 g/mol. The van der Waals surface area contributed by atoms with Crippen molar-refractivity contribution in [3.05, 3.63) is 12.2 Å². The molecule has 0 aromatic heterocycles. The maximum absolute atomic E-state index is 11.3. The first kappa shape index (κ1) is 10.9. The first-order valence-corrected chi connectivity index (χ1v) is 3.91. The predicted molar refractivity (Wildman–Crippen MR) is 46.7 cm³/mol. The Morgan fingerprint density at radius 3 is 2.20 bits per heavy atom. The average molecular weight is 212 g/mol. The number of carbonyl (C=O) groups is 4. The van der Waals surface area contributed by atoms with E-state index in [1.165, 1.54) is 0 Å². The second-order valence-electron chi connectivity index (χ2n) is 2.95. The molecule has 0 aromatic carbocycles. The molecule has 7 nitrogen and oxygen atoms in total. The highest BCUT2D eigenvalue weighted by atomic mass is 16.4. The first-order valence-electron chi connectivity index (χ1n) is 3.91. The number of carbonyl (C=O) groups excluding carboxylic acids is 3. The molecule has 1 rings (SSSR count). The zero-order valence-electron chi connectivity index (χ0n) is 7.89. The molecule has 1 aliphatic heterocycles. The van der Waals surface area contributed by atoms with Crippen LogP contribution in [0.25, 0.3) is 0 Å². The first-order chi connectivity index (χ1) is 6.86. The Labute approximate surface area is 84.6 Å². The van der Waals surface area contributed by atoms with Gasteiger partial charge in [0.25, 0.3) is 0 Å². The Kier molecular flexibility index (Phi) is 2.56. The van der Waals surface area contributed by atoms with Gasteiger partial charge in [0, 0.05) is 12.6 Å². The molecule has 7 heteroatoms. The van der Waals surface area contributed by atoms with Crippen LogP contribution >= 0.6 is 0 Å². The molecule has 15 heavy (non-hydrogen) atoms. The molecule has 1 saturated heterocycles. The number of nitrogens with zero attached hydrogens (tertiary/aromatic N) is 2. The third-order valence-electron chi connectivity index (χ3n) is 1.90. The predicted octanol–water partition coefficient (Wildman–Crippen LogP) is -0.952. The van der Waals surface area contributed by atoms with Crippen molar-refractivity contribution in [3.8, 4) is 0 Å². The minimum Gasteiger partial charge on any atom is -0.478 e. The number of hydrogen-bond donors (Lipinski definition) is 1. The van der Waals surface area contributed by atoms with E-state index in [1.807, 2.05) is 0 Å². The maximum atomic E-state index is 11.3. The summed E-state index contributed by atoms with van der Waals surface area (Å²) in [4.78, 5) is 45.0. The second kappa shape index (κ2) is 3.52. The number of rotatable bonds is 3. The highest BCUT2D eigenvalue weighted by Gasteiger charge is 2.42. The number of hydrogen-bond acceptors (Lipinski definition) is 4. The highest BCUT2D eigenvalue weighted by Crippen LogP contribution is 2.11. The summed E-state index contributed by atoms with van der Waals surface area (Å²) in [6.45, 7) is 2.68. The third-order valence-corrected chi connectivity index (χ3v) is 1.90. The lowest BCUT2D eigenvalue weighted by molar-refractivity contribution is -0.142. The SMILES string of the molecule is C=C(CN1C(=O)C(=O)N(C)C1=O)C(=O)O. The van der Waals surface area contributed by atoms with Gasteiger partial charge in [-0.05, 0) is 0 Å². The van der Waals surface area contributed by atoms with Crippen molar-refractivity contribution in [2.24, 2.45) is 0 Å². The summed E-state index contributed by atoms with van der Waals surface area (Å²) in [6, 6.07) is -0.840. The van der Waals surface area contributed by atoms with Crippen LogP contribution in [0.3, 0.4) is 0 Å². The van der Waals surface area contributed by atoms with Crippen LogP contribution in [0.5, 0.6) is 0 Å². The molecule has 0 unspecified atom stereocenters. The Hall–Kier alpha value is -2.18. The van der Waals surface area contributed by atoms with Crippen LogP contribution in [0.15, 0.2) is 12.2 Å². The molecule has 4 amide bonds. The summed E-state index contributed by atoms with van der Waals surface area (Å²) < 4.78 is 0. The molecule has 1 fully saturated rings. The molecule has 0 bridgehead atoms. The number of amides is 4. The average Bonchev–Trinajstić information content (AvgIpc) is 2.35. The molecule has 0 spiro atoms. The van der Waals surface area contributed by atoms with Crippen molar-refractivity contribution in [3.63, 3.8) is 0 Å². The molecule has 0 atom stereocenters. The van der Waals surface area contributed by atoms with Crippen molar-refractivity contribution in [2.45, 2.75) is 0 Å². The van der Waals surface area contributed by atoms with E-state index in [-0.39, 0.29) is 5.57 Å². The summed E-state index contributed by atoms with van der Waals surface area (Å²) in [7, 11) is 1.14. The lowest BCUT2D eigenvalue weighted by atomic mass is 10.3. The highest BCUT2D eigenvalue weighted by molar-refractivity contribution is 6.44. The van der Waals surface area contributed by atoms with E-state index in [0.29, 0.717) is 9.80 Å². The van der Waals surface area contributed by atoms with Gasteiger partial charge in [-0.15, -0.1) is 0 Å². The number of carboxylic acids is 1. The van der Waals surface area contributed by atoms with Crippen LogP contribution in [-0.4, -0.2) is 52.3 Å². The van der Waals surface area contributed by atoms with Gasteiger partial charge in [0.2, 0.25) is 0 Å². The van der Waals surface area contributed by atoms with Crippen LogP contribution in [0.4, 0.5) is 4.79 Å². The maximum Gasteiger partial charge on any atom is 0.334 e. The zero-order valence-corrected chi connectivity index (χ0v) is 7.89. The molecular formula is C8H8N2O5. The van der Waals surface area contributed by atoms with Gasteiger partial charge in [-0.1, -0.05) is 6.58 Å². The van der Waals surface area contributed by atoms with E-state index >= 15 is 0 Å². The molecule has 0 aromatic rings.